The Labute approximate surface area is 129 Å². The maximum Gasteiger partial charge on any atom is 0.0812 e. The van der Waals surface area contributed by atoms with Crippen molar-refractivity contribution in [2.75, 3.05) is 13.7 Å². The second-order valence-corrected chi connectivity index (χ2v) is 6.06. The summed E-state index contributed by atoms with van der Waals surface area (Å²) in [6.45, 7) is 6.05. The molecule has 0 saturated heterocycles. The summed E-state index contributed by atoms with van der Waals surface area (Å²) in [5, 5.41) is 7.98. The lowest BCUT2D eigenvalue weighted by atomic mass is 9.81. The zero-order chi connectivity index (χ0) is 15.1. The fourth-order valence-electron chi connectivity index (χ4n) is 3.65. The average molecular weight is 293 g/mol. The van der Waals surface area contributed by atoms with Crippen molar-refractivity contribution in [3.05, 3.63) is 18.0 Å². The smallest absolute Gasteiger partial charge is 0.0812 e. The maximum absolute atomic E-state index is 6.19. The van der Waals surface area contributed by atoms with Crippen LogP contribution < -0.4 is 5.32 Å². The molecule has 1 aromatic heterocycles. The molecule has 2 unspecified atom stereocenters. The largest absolute Gasteiger partial charge is 0.376 e. The normalized spacial score (nSPS) is 19.6. The molecule has 4 heteroatoms. The van der Waals surface area contributed by atoms with Crippen LogP contribution in [0.1, 0.15) is 64.1 Å². The van der Waals surface area contributed by atoms with Gasteiger partial charge in [0, 0.05) is 19.3 Å². The highest BCUT2D eigenvalue weighted by Gasteiger charge is 2.32. The van der Waals surface area contributed by atoms with Crippen molar-refractivity contribution >= 4 is 0 Å². The Hall–Kier alpha value is -0.870. The van der Waals surface area contributed by atoms with Gasteiger partial charge in [0.1, 0.15) is 0 Å². The minimum atomic E-state index is 0.238. The van der Waals surface area contributed by atoms with E-state index in [1.807, 2.05) is 13.2 Å². The van der Waals surface area contributed by atoms with Crippen LogP contribution in [-0.4, -0.2) is 29.5 Å². The third kappa shape index (κ3) is 4.07. The maximum atomic E-state index is 6.19. The molecule has 2 rings (SSSR count). The van der Waals surface area contributed by atoms with E-state index in [9.17, 15) is 0 Å². The third-order valence-corrected chi connectivity index (χ3v) is 4.62. The summed E-state index contributed by atoms with van der Waals surface area (Å²) < 4.78 is 8.32. The van der Waals surface area contributed by atoms with E-state index in [0.717, 1.165) is 19.6 Å². The first-order valence-electron chi connectivity index (χ1n) is 8.62. The number of hydrogen-bond donors (Lipinski definition) is 1. The van der Waals surface area contributed by atoms with Crippen LogP contribution in [0.3, 0.4) is 0 Å². The van der Waals surface area contributed by atoms with E-state index in [-0.39, 0.29) is 12.1 Å². The van der Waals surface area contributed by atoms with E-state index in [1.165, 1.54) is 37.8 Å². The van der Waals surface area contributed by atoms with Crippen LogP contribution in [0.4, 0.5) is 0 Å². The van der Waals surface area contributed by atoms with E-state index in [1.54, 1.807) is 0 Å². The Morgan fingerprint density at radius 1 is 1.33 bits per heavy atom. The van der Waals surface area contributed by atoms with Gasteiger partial charge in [0.2, 0.25) is 0 Å². The summed E-state index contributed by atoms with van der Waals surface area (Å²) in [7, 11) is 2.04. The van der Waals surface area contributed by atoms with Crippen LogP contribution >= 0.6 is 0 Å². The van der Waals surface area contributed by atoms with Crippen LogP contribution in [0, 0.1) is 5.92 Å². The van der Waals surface area contributed by atoms with E-state index >= 15 is 0 Å². The lowest BCUT2D eigenvalue weighted by Gasteiger charge is -2.35. The zero-order valence-electron chi connectivity index (χ0n) is 13.8. The van der Waals surface area contributed by atoms with Crippen molar-refractivity contribution in [1.82, 2.24) is 15.1 Å². The molecule has 0 aromatic carbocycles. The Morgan fingerprint density at radius 2 is 2.10 bits per heavy atom. The molecule has 1 aromatic rings. The number of ether oxygens (including phenoxy) is 1. The second kappa shape index (κ2) is 8.54. The molecule has 120 valence electrons. The van der Waals surface area contributed by atoms with Gasteiger partial charge in [-0.3, -0.25) is 4.68 Å². The fourth-order valence-corrected chi connectivity index (χ4v) is 3.65. The fraction of sp³-hybridized carbons (Fsp3) is 0.824. The number of aryl methyl sites for hydroxylation is 1. The predicted molar refractivity (Wildman–Crippen MR) is 86.3 cm³/mol. The third-order valence-electron chi connectivity index (χ3n) is 4.62. The van der Waals surface area contributed by atoms with Gasteiger partial charge in [-0.25, -0.2) is 0 Å². The van der Waals surface area contributed by atoms with E-state index in [2.05, 4.69) is 35.0 Å². The first kappa shape index (κ1) is 16.5. The molecule has 0 bridgehead atoms. The van der Waals surface area contributed by atoms with Gasteiger partial charge in [-0.05, 0) is 45.2 Å². The molecular weight excluding hydrogens is 262 g/mol. The Kier molecular flexibility index (Phi) is 6.71. The number of aromatic nitrogens is 2. The minimum absolute atomic E-state index is 0.238. The van der Waals surface area contributed by atoms with Gasteiger partial charge >= 0.3 is 0 Å². The topological polar surface area (TPSA) is 39.1 Å². The molecule has 1 fully saturated rings. The van der Waals surface area contributed by atoms with Crippen LogP contribution in [0.5, 0.6) is 0 Å². The van der Waals surface area contributed by atoms with Crippen molar-refractivity contribution < 1.29 is 4.74 Å². The average Bonchev–Trinajstić information content (AvgIpc) is 2.97. The molecular formula is C17H31N3O. The summed E-state index contributed by atoms with van der Waals surface area (Å²) in [6, 6.07) is 2.38. The Bertz CT molecular complexity index is 398. The van der Waals surface area contributed by atoms with Gasteiger partial charge in [-0.15, -0.1) is 0 Å². The summed E-state index contributed by atoms with van der Waals surface area (Å²) in [5.74, 6) is 0.668. The molecule has 1 aliphatic carbocycles. The second-order valence-electron chi connectivity index (χ2n) is 6.06. The van der Waals surface area contributed by atoms with Crippen molar-refractivity contribution in [3.63, 3.8) is 0 Å². The highest BCUT2D eigenvalue weighted by Crippen LogP contribution is 2.34. The molecule has 0 spiro atoms. The van der Waals surface area contributed by atoms with Crippen molar-refractivity contribution in [2.45, 2.75) is 71.1 Å². The number of nitrogens with zero attached hydrogens (tertiary/aromatic N) is 2. The molecule has 1 aliphatic rings. The van der Waals surface area contributed by atoms with Gasteiger partial charge in [-0.2, -0.15) is 5.10 Å². The molecule has 1 N–H and O–H groups in total. The van der Waals surface area contributed by atoms with Crippen LogP contribution in [0.15, 0.2) is 12.3 Å². The van der Waals surface area contributed by atoms with Crippen LogP contribution in [0.25, 0.3) is 0 Å². The summed E-state index contributed by atoms with van der Waals surface area (Å²) >= 11 is 0. The molecule has 1 heterocycles. The van der Waals surface area contributed by atoms with Crippen LogP contribution in [0.2, 0.25) is 0 Å². The molecule has 2 atom stereocenters. The SMILES string of the molecule is CCCn1nccc1C(NC)C(OCC)C1CCCCC1. The van der Waals surface area contributed by atoms with Gasteiger partial charge in [0.25, 0.3) is 0 Å². The first-order chi connectivity index (χ1) is 10.3. The standard InChI is InChI=1S/C17H31N3O/c1-4-13-20-15(11-12-19-20)16(18-3)17(21-5-2)14-9-7-6-8-10-14/h11-12,14,16-18H,4-10,13H2,1-3H3. The van der Waals surface area contributed by atoms with Crippen molar-refractivity contribution in [3.8, 4) is 0 Å². The molecule has 4 nitrogen and oxygen atoms in total. The van der Waals surface area contributed by atoms with E-state index < -0.39 is 0 Å². The quantitative estimate of drug-likeness (QED) is 0.797. The number of likely N-dealkylation sites (N-methyl/N-ethyl adjacent to an activating group) is 1. The Balaban J connectivity index is 2.19. The highest BCUT2D eigenvalue weighted by molar-refractivity contribution is 5.10. The molecule has 0 aliphatic heterocycles. The van der Waals surface area contributed by atoms with Gasteiger partial charge < -0.3 is 10.1 Å². The minimum Gasteiger partial charge on any atom is -0.376 e. The molecule has 1 saturated carbocycles. The van der Waals surface area contributed by atoms with E-state index in [4.69, 9.17) is 4.74 Å². The Morgan fingerprint density at radius 3 is 2.71 bits per heavy atom. The molecule has 0 radical (unpaired) electrons. The van der Waals surface area contributed by atoms with Gasteiger partial charge in [-0.1, -0.05) is 26.2 Å². The number of hydrogen-bond acceptors (Lipinski definition) is 3. The summed E-state index contributed by atoms with van der Waals surface area (Å²) in [5.41, 5.74) is 1.27. The van der Waals surface area contributed by atoms with Gasteiger partial charge in [0.05, 0.1) is 17.8 Å². The van der Waals surface area contributed by atoms with Crippen molar-refractivity contribution in [1.29, 1.82) is 0 Å². The lowest BCUT2D eigenvalue weighted by molar-refractivity contribution is -0.0186. The van der Waals surface area contributed by atoms with Crippen molar-refractivity contribution in [2.24, 2.45) is 5.92 Å². The van der Waals surface area contributed by atoms with Gasteiger partial charge in [0.15, 0.2) is 0 Å². The highest BCUT2D eigenvalue weighted by atomic mass is 16.5. The first-order valence-corrected chi connectivity index (χ1v) is 8.62. The lowest BCUT2D eigenvalue weighted by Crippen LogP contribution is -2.39. The number of rotatable bonds is 8. The summed E-state index contributed by atoms with van der Waals surface area (Å²) in [6.07, 6.45) is 9.95. The summed E-state index contributed by atoms with van der Waals surface area (Å²) in [4.78, 5) is 0. The molecule has 21 heavy (non-hydrogen) atoms. The zero-order valence-corrected chi connectivity index (χ0v) is 13.8. The van der Waals surface area contributed by atoms with E-state index in [0.29, 0.717) is 5.92 Å². The number of nitrogens with one attached hydrogen (secondary N) is 1. The monoisotopic (exact) mass is 293 g/mol. The molecule has 0 amide bonds. The predicted octanol–water partition coefficient (Wildman–Crippen LogP) is 3.54. The van der Waals surface area contributed by atoms with Crippen LogP contribution in [-0.2, 0) is 11.3 Å².